The zero-order chi connectivity index (χ0) is 22.2. The van der Waals surface area contributed by atoms with E-state index in [4.69, 9.17) is 0 Å². The van der Waals surface area contributed by atoms with E-state index in [1.807, 2.05) is 30.3 Å². The first-order valence-corrected chi connectivity index (χ1v) is 10.9. The van der Waals surface area contributed by atoms with E-state index in [1.54, 1.807) is 12.4 Å². The highest BCUT2D eigenvalue weighted by molar-refractivity contribution is 6.10. The Labute approximate surface area is 191 Å². The van der Waals surface area contributed by atoms with E-state index in [0.717, 1.165) is 33.4 Å². The Hall–Kier alpha value is -4.68. The normalized spacial score (nSPS) is 11.0. The summed E-state index contributed by atoms with van der Waals surface area (Å²) < 4.78 is 2.27. The number of pyridine rings is 1. The van der Waals surface area contributed by atoms with Gasteiger partial charge in [0.1, 0.15) is 0 Å². The van der Waals surface area contributed by atoms with Gasteiger partial charge in [-0.1, -0.05) is 60.7 Å². The fourth-order valence-corrected chi connectivity index (χ4v) is 4.57. The summed E-state index contributed by atoms with van der Waals surface area (Å²) in [6.07, 6.45) is 3.56. The van der Waals surface area contributed by atoms with E-state index in [0.29, 0.717) is 5.56 Å². The second-order valence-corrected chi connectivity index (χ2v) is 8.07. The van der Waals surface area contributed by atoms with Gasteiger partial charge in [0.25, 0.3) is 0 Å². The Morgan fingerprint density at radius 2 is 1.30 bits per heavy atom. The molecule has 154 valence electrons. The van der Waals surface area contributed by atoms with E-state index in [-0.39, 0.29) is 0 Å². The van der Waals surface area contributed by atoms with Gasteiger partial charge in [-0.25, -0.2) is 0 Å². The number of para-hydroxylation sites is 1. The standard InChI is InChI=1S/C30H19N3/c31-20-21-16-25(23-12-14-32-15-13-23)18-26(17-21)33-29-9-5-4-8-27(29)28-11-10-24(19-30(28)33)22-6-2-1-3-7-22/h1-19H. The fourth-order valence-electron chi connectivity index (χ4n) is 4.57. The van der Waals surface area contributed by atoms with Crippen molar-refractivity contribution in [2.45, 2.75) is 0 Å². The molecule has 0 spiro atoms. The molecule has 0 radical (unpaired) electrons. The summed E-state index contributed by atoms with van der Waals surface area (Å²) in [6, 6.07) is 37.8. The Balaban J connectivity index is 1.67. The van der Waals surface area contributed by atoms with Crippen LogP contribution in [0.3, 0.4) is 0 Å². The van der Waals surface area contributed by atoms with Crippen LogP contribution in [0.1, 0.15) is 5.56 Å². The predicted molar refractivity (Wildman–Crippen MR) is 134 cm³/mol. The molecule has 3 nitrogen and oxygen atoms in total. The smallest absolute Gasteiger partial charge is 0.0992 e. The molecule has 0 aliphatic carbocycles. The quantitative estimate of drug-likeness (QED) is 0.299. The average Bonchev–Trinajstić information content (AvgIpc) is 3.23. The highest BCUT2D eigenvalue weighted by atomic mass is 15.0. The minimum atomic E-state index is 0.629. The summed E-state index contributed by atoms with van der Waals surface area (Å²) in [5, 5.41) is 12.2. The van der Waals surface area contributed by atoms with E-state index in [9.17, 15) is 5.26 Å². The molecule has 0 N–H and O–H groups in total. The van der Waals surface area contributed by atoms with Crippen LogP contribution in [0.5, 0.6) is 0 Å². The van der Waals surface area contributed by atoms with Gasteiger partial charge in [0.05, 0.1) is 22.7 Å². The van der Waals surface area contributed by atoms with Crippen molar-refractivity contribution in [1.82, 2.24) is 9.55 Å². The van der Waals surface area contributed by atoms with Gasteiger partial charge < -0.3 is 4.57 Å². The molecule has 4 aromatic carbocycles. The predicted octanol–water partition coefficient (Wildman–Crippen LogP) is 7.38. The highest BCUT2D eigenvalue weighted by Gasteiger charge is 2.14. The minimum absolute atomic E-state index is 0.629. The van der Waals surface area contributed by atoms with Crippen LogP contribution < -0.4 is 0 Å². The van der Waals surface area contributed by atoms with Gasteiger partial charge in [0, 0.05) is 28.9 Å². The number of benzene rings is 4. The topological polar surface area (TPSA) is 41.6 Å². The molecule has 0 fully saturated rings. The van der Waals surface area contributed by atoms with Gasteiger partial charge >= 0.3 is 0 Å². The third-order valence-electron chi connectivity index (χ3n) is 6.10. The second kappa shape index (κ2) is 7.78. The molecular weight excluding hydrogens is 402 g/mol. The van der Waals surface area contributed by atoms with E-state index in [1.165, 1.54) is 16.3 Å². The van der Waals surface area contributed by atoms with Crippen molar-refractivity contribution < 1.29 is 0 Å². The van der Waals surface area contributed by atoms with Crippen molar-refractivity contribution in [3.8, 4) is 34.0 Å². The Bertz CT molecular complexity index is 1660. The summed E-state index contributed by atoms with van der Waals surface area (Å²) in [6.45, 7) is 0. The van der Waals surface area contributed by atoms with E-state index < -0.39 is 0 Å². The molecule has 0 aliphatic heterocycles. The summed E-state index contributed by atoms with van der Waals surface area (Å²) in [7, 11) is 0. The van der Waals surface area contributed by atoms with Crippen LogP contribution in [0.2, 0.25) is 0 Å². The molecule has 0 atom stereocenters. The van der Waals surface area contributed by atoms with Crippen LogP contribution in [-0.2, 0) is 0 Å². The highest BCUT2D eigenvalue weighted by Crippen LogP contribution is 2.36. The number of nitrogens with zero attached hydrogens (tertiary/aromatic N) is 3. The summed E-state index contributed by atoms with van der Waals surface area (Å²) in [5.74, 6) is 0. The molecule has 0 saturated heterocycles. The van der Waals surface area contributed by atoms with Crippen molar-refractivity contribution in [2.24, 2.45) is 0 Å². The van der Waals surface area contributed by atoms with Gasteiger partial charge in [-0.3, -0.25) is 4.98 Å². The van der Waals surface area contributed by atoms with E-state index in [2.05, 4.69) is 88.4 Å². The molecule has 0 unspecified atom stereocenters. The first kappa shape index (κ1) is 19.0. The lowest BCUT2D eigenvalue weighted by atomic mass is 10.0. The number of aromatic nitrogens is 2. The zero-order valence-electron chi connectivity index (χ0n) is 17.8. The molecule has 3 heteroatoms. The molecule has 0 saturated carbocycles. The molecule has 0 amide bonds. The van der Waals surface area contributed by atoms with Crippen LogP contribution in [0.15, 0.2) is 116 Å². The van der Waals surface area contributed by atoms with Crippen LogP contribution in [-0.4, -0.2) is 9.55 Å². The van der Waals surface area contributed by atoms with Crippen molar-refractivity contribution >= 4 is 21.8 Å². The van der Waals surface area contributed by atoms with Crippen LogP contribution in [0.4, 0.5) is 0 Å². The van der Waals surface area contributed by atoms with Crippen LogP contribution in [0.25, 0.3) is 49.7 Å². The Morgan fingerprint density at radius 3 is 2.12 bits per heavy atom. The number of nitriles is 1. The van der Waals surface area contributed by atoms with E-state index >= 15 is 0 Å². The number of rotatable bonds is 3. The third kappa shape index (κ3) is 3.26. The lowest BCUT2D eigenvalue weighted by Crippen LogP contribution is -1.96. The maximum Gasteiger partial charge on any atom is 0.0992 e. The minimum Gasteiger partial charge on any atom is -0.309 e. The van der Waals surface area contributed by atoms with Crippen molar-refractivity contribution in [3.63, 3.8) is 0 Å². The SMILES string of the molecule is N#Cc1cc(-c2ccncc2)cc(-n2c3ccccc3c3ccc(-c4ccccc4)cc32)c1. The van der Waals surface area contributed by atoms with Crippen LogP contribution in [0, 0.1) is 11.3 Å². The average molecular weight is 422 g/mol. The van der Waals surface area contributed by atoms with Crippen molar-refractivity contribution in [2.75, 3.05) is 0 Å². The molecular formula is C30H19N3. The molecule has 0 aliphatic rings. The zero-order valence-corrected chi connectivity index (χ0v) is 17.8. The Kier molecular flexibility index (Phi) is 4.49. The van der Waals surface area contributed by atoms with Crippen molar-refractivity contribution in [1.29, 1.82) is 5.26 Å². The summed E-state index contributed by atoms with van der Waals surface area (Å²) in [5.41, 5.74) is 8.21. The summed E-state index contributed by atoms with van der Waals surface area (Å²) in [4.78, 5) is 4.14. The number of hydrogen-bond donors (Lipinski definition) is 0. The van der Waals surface area contributed by atoms with Crippen molar-refractivity contribution in [3.05, 3.63) is 121 Å². The van der Waals surface area contributed by atoms with Crippen LogP contribution >= 0.6 is 0 Å². The second-order valence-electron chi connectivity index (χ2n) is 8.07. The molecule has 6 aromatic rings. The third-order valence-corrected chi connectivity index (χ3v) is 6.10. The lowest BCUT2D eigenvalue weighted by Gasteiger charge is -2.12. The van der Waals surface area contributed by atoms with Gasteiger partial charge in [-0.15, -0.1) is 0 Å². The molecule has 33 heavy (non-hydrogen) atoms. The summed E-state index contributed by atoms with van der Waals surface area (Å²) >= 11 is 0. The maximum atomic E-state index is 9.78. The molecule has 2 heterocycles. The first-order valence-electron chi connectivity index (χ1n) is 10.9. The van der Waals surface area contributed by atoms with Gasteiger partial charge in [0.15, 0.2) is 0 Å². The fraction of sp³-hybridized carbons (Fsp3) is 0. The Morgan fingerprint density at radius 1 is 0.576 bits per heavy atom. The van der Waals surface area contributed by atoms with Gasteiger partial charge in [-0.2, -0.15) is 5.26 Å². The monoisotopic (exact) mass is 421 g/mol. The number of fused-ring (bicyclic) bond motifs is 3. The van der Waals surface area contributed by atoms with Gasteiger partial charge in [-0.05, 0) is 64.7 Å². The number of hydrogen-bond acceptors (Lipinski definition) is 2. The molecule has 6 rings (SSSR count). The molecule has 2 aromatic heterocycles. The maximum absolute atomic E-state index is 9.78. The first-order chi connectivity index (χ1) is 16.3. The lowest BCUT2D eigenvalue weighted by molar-refractivity contribution is 1.18. The van der Waals surface area contributed by atoms with Gasteiger partial charge in [0.2, 0.25) is 0 Å². The largest absolute Gasteiger partial charge is 0.309 e. The molecule has 0 bridgehead atoms.